The topological polar surface area (TPSA) is 43.4 Å². The number of para-hydroxylation sites is 1. The van der Waals surface area contributed by atoms with Crippen molar-refractivity contribution in [3.8, 4) is 24.0 Å². The van der Waals surface area contributed by atoms with Crippen molar-refractivity contribution in [1.29, 1.82) is 0 Å². The zero-order valence-corrected chi connectivity index (χ0v) is 12.0. The van der Waals surface area contributed by atoms with Crippen LogP contribution in [0.5, 0.6) is 11.6 Å². The second-order valence-corrected chi connectivity index (χ2v) is 4.27. The minimum atomic E-state index is 0.265. The number of hydrogen-bond acceptors (Lipinski definition) is 4. The van der Waals surface area contributed by atoms with Crippen molar-refractivity contribution < 1.29 is 9.47 Å². The van der Waals surface area contributed by atoms with E-state index in [4.69, 9.17) is 15.9 Å². The molecule has 0 saturated heterocycles. The standard InChI is InChI=1S/C17H18N2O2/c1-3-11-21-16-8-6-5-7-14(16)12-18-15-9-10-17(19-13-15)20-4-2/h1,5-10,13,18H,4,11-12H2,2H3. The molecule has 2 aromatic rings. The predicted molar refractivity (Wildman–Crippen MR) is 83.5 cm³/mol. The minimum Gasteiger partial charge on any atom is -0.481 e. The molecule has 1 aromatic carbocycles. The highest BCUT2D eigenvalue weighted by Crippen LogP contribution is 2.20. The first kappa shape index (κ1) is 14.7. The molecular weight excluding hydrogens is 264 g/mol. The molecule has 0 saturated carbocycles. The van der Waals surface area contributed by atoms with Crippen LogP contribution in [-0.4, -0.2) is 18.2 Å². The summed E-state index contributed by atoms with van der Waals surface area (Å²) < 4.78 is 10.8. The molecule has 1 N–H and O–H groups in total. The maximum Gasteiger partial charge on any atom is 0.213 e. The maximum atomic E-state index is 5.51. The van der Waals surface area contributed by atoms with Crippen molar-refractivity contribution in [2.45, 2.75) is 13.5 Å². The first-order chi connectivity index (χ1) is 10.3. The summed E-state index contributed by atoms with van der Waals surface area (Å²) >= 11 is 0. The Morgan fingerprint density at radius 1 is 1.19 bits per heavy atom. The van der Waals surface area contributed by atoms with E-state index in [0.29, 0.717) is 19.0 Å². The van der Waals surface area contributed by atoms with Crippen LogP contribution < -0.4 is 14.8 Å². The quantitative estimate of drug-likeness (QED) is 0.792. The molecule has 0 radical (unpaired) electrons. The number of hydrogen-bond donors (Lipinski definition) is 1. The second kappa shape index (κ2) is 7.81. The maximum absolute atomic E-state index is 5.51. The van der Waals surface area contributed by atoms with Crippen LogP contribution in [-0.2, 0) is 6.54 Å². The summed E-state index contributed by atoms with van der Waals surface area (Å²) in [4.78, 5) is 4.21. The Kier molecular flexibility index (Phi) is 5.48. The third-order valence-electron chi connectivity index (χ3n) is 2.80. The van der Waals surface area contributed by atoms with E-state index in [2.05, 4.69) is 16.2 Å². The van der Waals surface area contributed by atoms with Crippen molar-refractivity contribution in [1.82, 2.24) is 4.98 Å². The molecule has 4 nitrogen and oxygen atoms in total. The SMILES string of the molecule is C#CCOc1ccccc1CNc1ccc(OCC)nc1. The van der Waals surface area contributed by atoms with Gasteiger partial charge in [0.2, 0.25) is 5.88 Å². The summed E-state index contributed by atoms with van der Waals surface area (Å²) in [6.45, 7) is 3.44. The van der Waals surface area contributed by atoms with Gasteiger partial charge in [-0.05, 0) is 19.1 Å². The summed E-state index contributed by atoms with van der Waals surface area (Å²) in [6.07, 6.45) is 6.97. The van der Waals surface area contributed by atoms with Gasteiger partial charge in [-0.25, -0.2) is 4.98 Å². The number of pyridine rings is 1. The highest BCUT2D eigenvalue weighted by Gasteiger charge is 2.03. The van der Waals surface area contributed by atoms with Crippen LogP contribution in [0.25, 0.3) is 0 Å². The molecule has 0 fully saturated rings. The van der Waals surface area contributed by atoms with E-state index in [9.17, 15) is 0 Å². The Morgan fingerprint density at radius 2 is 2.05 bits per heavy atom. The normalized spacial score (nSPS) is 9.71. The average molecular weight is 282 g/mol. The lowest BCUT2D eigenvalue weighted by atomic mass is 10.2. The number of nitrogens with zero attached hydrogens (tertiary/aromatic N) is 1. The number of ether oxygens (including phenoxy) is 2. The molecular formula is C17H18N2O2. The third kappa shape index (κ3) is 4.43. The van der Waals surface area contributed by atoms with E-state index in [-0.39, 0.29) is 6.61 Å². The number of anilines is 1. The largest absolute Gasteiger partial charge is 0.481 e. The Balaban J connectivity index is 1.98. The van der Waals surface area contributed by atoms with Crippen molar-refractivity contribution in [3.63, 3.8) is 0 Å². The van der Waals surface area contributed by atoms with Gasteiger partial charge in [-0.2, -0.15) is 0 Å². The summed E-state index contributed by atoms with van der Waals surface area (Å²) in [7, 11) is 0. The summed E-state index contributed by atoms with van der Waals surface area (Å²) in [5.74, 6) is 3.89. The lowest BCUT2D eigenvalue weighted by Gasteiger charge is -2.11. The molecule has 0 atom stereocenters. The molecule has 4 heteroatoms. The molecule has 1 aromatic heterocycles. The fourth-order valence-corrected chi connectivity index (χ4v) is 1.83. The zero-order chi connectivity index (χ0) is 14.9. The minimum absolute atomic E-state index is 0.265. The molecule has 0 aliphatic rings. The fraction of sp³-hybridized carbons (Fsp3) is 0.235. The van der Waals surface area contributed by atoms with Gasteiger partial charge in [0.25, 0.3) is 0 Å². The summed E-state index contributed by atoms with van der Waals surface area (Å²) in [5.41, 5.74) is 1.96. The Hall–Kier alpha value is -2.67. The lowest BCUT2D eigenvalue weighted by Crippen LogP contribution is -2.04. The van der Waals surface area contributed by atoms with Gasteiger partial charge in [0, 0.05) is 18.2 Å². The monoisotopic (exact) mass is 282 g/mol. The molecule has 21 heavy (non-hydrogen) atoms. The van der Waals surface area contributed by atoms with Crippen LogP contribution in [0.3, 0.4) is 0 Å². The first-order valence-electron chi connectivity index (χ1n) is 6.80. The van der Waals surface area contributed by atoms with Gasteiger partial charge in [-0.1, -0.05) is 24.1 Å². The highest BCUT2D eigenvalue weighted by molar-refractivity contribution is 5.44. The lowest BCUT2D eigenvalue weighted by molar-refractivity contribution is 0.327. The van der Waals surface area contributed by atoms with Gasteiger partial charge in [-0.15, -0.1) is 6.42 Å². The molecule has 0 aliphatic carbocycles. The van der Waals surface area contributed by atoms with Crippen molar-refractivity contribution in [2.75, 3.05) is 18.5 Å². The Bertz CT molecular complexity index is 603. The number of terminal acetylenes is 1. The van der Waals surface area contributed by atoms with Crippen molar-refractivity contribution in [3.05, 3.63) is 48.2 Å². The fourth-order valence-electron chi connectivity index (χ4n) is 1.83. The van der Waals surface area contributed by atoms with Crippen LogP contribution in [0.15, 0.2) is 42.6 Å². The van der Waals surface area contributed by atoms with Crippen molar-refractivity contribution in [2.24, 2.45) is 0 Å². The number of benzene rings is 1. The zero-order valence-electron chi connectivity index (χ0n) is 12.0. The van der Waals surface area contributed by atoms with E-state index in [1.54, 1.807) is 6.20 Å². The van der Waals surface area contributed by atoms with Gasteiger partial charge < -0.3 is 14.8 Å². The second-order valence-electron chi connectivity index (χ2n) is 4.27. The van der Waals surface area contributed by atoms with E-state index in [1.165, 1.54) is 0 Å². The van der Waals surface area contributed by atoms with Gasteiger partial charge in [0.05, 0.1) is 18.5 Å². The van der Waals surface area contributed by atoms with E-state index < -0.39 is 0 Å². The third-order valence-corrected chi connectivity index (χ3v) is 2.80. The summed E-state index contributed by atoms with van der Waals surface area (Å²) in [6, 6.07) is 11.6. The molecule has 0 amide bonds. The summed E-state index contributed by atoms with van der Waals surface area (Å²) in [5, 5.41) is 3.30. The molecule has 0 unspecified atom stereocenters. The highest BCUT2D eigenvalue weighted by atomic mass is 16.5. The molecule has 0 spiro atoms. The van der Waals surface area contributed by atoms with Gasteiger partial charge in [0.15, 0.2) is 0 Å². The van der Waals surface area contributed by atoms with Gasteiger partial charge in [0.1, 0.15) is 12.4 Å². The number of aromatic nitrogens is 1. The van der Waals surface area contributed by atoms with Gasteiger partial charge >= 0.3 is 0 Å². The molecule has 0 aliphatic heterocycles. The molecule has 108 valence electrons. The van der Waals surface area contributed by atoms with Gasteiger partial charge in [-0.3, -0.25) is 0 Å². The number of nitrogens with one attached hydrogen (secondary N) is 1. The van der Waals surface area contributed by atoms with E-state index in [0.717, 1.165) is 17.0 Å². The average Bonchev–Trinajstić information content (AvgIpc) is 2.53. The van der Waals surface area contributed by atoms with Crippen LogP contribution in [0.4, 0.5) is 5.69 Å². The predicted octanol–water partition coefficient (Wildman–Crippen LogP) is 3.10. The Labute approximate surface area is 125 Å². The van der Waals surface area contributed by atoms with Crippen LogP contribution >= 0.6 is 0 Å². The van der Waals surface area contributed by atoms with Crippen LogP contribution in [0.2, 0.25) is 0 Å². The van der Waals surface area contributed by atoms with E-state index >= 15 is 0 Å². The molecule has 1 heterocycles. The molecule has 2 rings (SSSR count). The molecule has 0 bridgehead atoms. The Morgan fingerprint density at radius 3 is 2.76 bits per heavy atom. The van der Waals surface area contributed by atoms with E-state index in [1.807, 2.05) is 43.3 Å². The number of rotatable bonds is 7. The van der Waals surface area contributed by atoms with Crippen LogP contribution in [0, 0.1) is 12.3 Å². The smallest absolute Gasteiger partial charge is 0.213 e. The van der Waals surface area contributed by atoms with Crippen molar-refractivity contribution >= 4 is 5.69 Å². The first-order valence-corrected chi connectivity index (χ1v) is 6.80. The van der Waals surface area contributed by atoms with Crippen LogP contribution in [0.1, 0.15) is 12.5 Å².